The second-order valence-corrected chi connectivity index (χ2v) is 5.40. The number of nitrogens with zero attached hydrogens (tertiary/aromatic N) is 1. The van der Waals surface area contributed by atoms with Gasteiger partial charge in [0.25, 0.3) is 0 Å². The molecule has 0 spiro atoms. The van der Waals surface area contributed by atoms with Crippen LogP contribution in [0.25, 0.3) is 0 Å². The maximum atomic E-state index is 11.4. The number of rotatable bonds is 4. The van der Waals surface area contributed by atoms with Gasteiger partial charge in [0.2, 0.25) is 10.0 Å². The van der Waals surface area contributed by atoms with E-state index < -0.39 is 21.2 Å². The number of carbonyl (C=O) groups is 1. The highest BCUT2D eigenvalue weighted by Gasteiger charge is 2.20. The quantitative estimate of drug-likeness (QED) is 0.690. The fourth-order valence-electron chi connectivity index (χ4n) is 0.786. The molecule has 8 heteroatoms. The number of carboxylic acid groups (broad SMARTS) is 1. The van der Waals surface area contributed by atoms with Gasteiger partial charge in [0.05, 0.1) is 11.4 Å². The van der Waals surface area contributed by atoms with Crippen LogP contribution in [0.5, 0.6) is 0 Å². The zero-order chi connectivity index (χ0) is 11.6. The third-order valence-electron chi connectivity index (χ3n) is 1.73. The van der Waals surface area contributed by atoms with Crippen molar-refractivity contribution in [1.29, 1.82) is 0 Å². The van der Waals surface area contributed by atoms with E-state index in [0.29, 0.717) is 0 Å². The minimum atomic E-state index is -3.56. The molecule has 3 N–H and O–H groups in total. The Hall–Kier alpha value is -1.57. The molecular weight excluding hydrogens is 222 g/mol. The summed E-state index contributed by atoms with van der Waals surface area (Å²) in [6.45, 7) is 2.97. The first-order chi connectivity index (χ1) is 6.84. The minimum Gasteiger partial charge on any atom is -0.477 e. The third-order valence-corrected chi connectivity index (χ3v) is 3.46. The Morgan fingerprint density at radius 2 is 2.20 bits per heavy atom. The molecule has 0 fully saturated rings. The molecule has 0 aromatic carbocycles. The van der Waals surface area contributed by atoms with Gasteiger partial charge >= 0.3 is 5.97 Å². The highest BCUT2D eigenvalue weighted by atomic mass is 32.2. The van der Waals surface area contributed by atoms with Gasteiger partial charge in [0.15, 0.2) is 0 Å². The van der Waals surface area contributed by atoms with Crippen LogP contribution in [0.3, 0.4) is 0 Å². The van der Waals surface area contributed by atoms with Crippen molar-refractivity contribution < 1.29 is 18.3 Å². The number of carboxylic acids is 1. The van der Waals surface area contributed by atoms with Gasteiger partial charge in [-0.2, -0.15) is 5.10 Å². The molecular formula is C7H11N3O4S. The summed E-state index contributed by atoms with van der Waals surface area (Å²) in [7, 11) is -3.56. The summed E-state index contributed by atoms with van der Waals surface area (Å²) in [6.07, 6.45) is 1.04. The molecule has 1 aromatic rings. The lowest BCUT2D eigenvalue weighted by Gasteiger charge is -2.09. The van der Waals surface area contributed by atoms with E-state index in [4.69, 9.17) is 5.11 Å². The average molecular weight is 233 g/mol. The van der Waals surface area contributed by atoms with Crippen LogP contribution in [-0.2, 0) is 10.0 Å². The van der Waals surface area contributed by atoms with Gasteiger partial charge < -0.3 is 5.11 Å². The Morgan fingerprint density at radius 3 is 2.67 bits per heavy atom. The molecule has 7 nitrogen and oxygen atoms in total. The van der Waals surface area contributed by atoms with Crippen molar-refractivity contribution in [1.82, 2.24) is 10.2 Å². The number of aromatic nitrogens is 2. The second kappa shape index (κ2) is 3.89. The standard InChI is InChI=1S/C7H11N3O4S/c1-4(2)15(13,14)10-6-5(7(11)12)3-8-9-6/h3-4H,1-2H3,(H,11,12)(H2,8,9,10). The first kappa shape index (κ1) is 11.5. The smallest absolute Gasteiger partial charge is 0.341 e. The van der Waals surface area contributed by atoms with Crippen LogP contribution in [-0.4, -0.2) is 34.9 Å². The van der Waals surface area contributed by atoms with E-state index in [1.807, 2.05) is 0 Å². The number of hydrogen-bond donors (Lipinski definition) is 3. The van der Waals surface area contributed by atoms with Crippen LogP contribution in [0.15, 0.2) is 6.20 Å². The largest absolute Gasteiger partial charge is 0.477 e. The number of sulfonamides is 1. The molecule has 0 radical (unpaired) electrons. The highest BCUT2D eigenvalue weighted by Crippen LogP contribution is 2.14. The molecule has 0 bridgehead atoms. The van der Waals surface area contributed by atoms with Crippen molar-refractivity contribution in [3.63, 3.8) is 0 Å². The molecule has 0 aliphatic carbocycles. The molecule has 1 aromatic heterocycles. The molecule has 84 valence electrons. The fourth-order valence-corrected chi connectivity index (χ4v) is 1.46. The number of aromatic amines is 1. The topological polar surface area (TPSA) is 112 Å². The van der Waals surface area contributed by atoms with Crippen LogP contribution in [0.4, 0.5) is 5.82 Å². The molecule has 1 rings (SSSR count). The SMILES string of the molecule is CC(C)S(=O)(=O)Nc1[nH]ncc1C(=O)O. The summed E-state index contributed by atoms with van der Waals surface area (Å²) < 4.78 is 25.0. The summed E-state index contributed by atoms with van der Waals surface area (Å²) in [5.74, 6) is -1.37. The Labute approximate surface area is 86.6 Å². The van der Waals surface area contributed by atoms with Gasteiger partial charge in [0.1, 0.15) is 11.4 Å². The van der Waals surface area contributed by atoms with Crippen molar-refractivity contribution in [3.8, 4) is 0 Å². The van der Waals surface area contributed by atoms with E-state index in [-0.39, 0.29) is 11.4 Å². The monoisotopic (exact) mass is 233 g/mol. The predicted molar refractivity (Wildman–Crippen MR) is 53.2 cm³/mol. The number of H-pyrrole nitrogens is 1. The van der Waals surface area contributed by atoms with Crippen LogP contribution < -0.4 is 4.72 Å². The summed E-state index contributed by atoms with van der Waals surface area (Å²) >= 11 is 0. The number of aromatic carboxylic acids is 1. The van der Waals surface area contributed by atoms with Gasteiger partial charge in [0, 0.05) is 0 Å². The van der Waals surface area contributed by atoms with Crippen LogP contribution >= 0.6 is 0 Å². The maximum Gasteiger partial charge on any atom is 0.341 e. The van der Waals surface area contributed by atoms with Crippen LogP contribution in [0.2, 0.25) is 0 Å². The number of hydrogen-bond acceptors (Lipinski definition) is 4. The number of anilines is 1. The van der Waals surface area contributed by atoms with Crippen molar-refractivity contribution >= 4 is 21.8 Å². The molecule has 0 saturated heterocycles. The Balaban J connectivity index is 3.01. The zero-order valence-corrected chi connectivity index (χ0v) is 9.00. The van der Waals surface area contributed by atoms with Gasteiger partial charge in [-0.1, -0.05) is 0 Å². The molecule has 0 saturated carbocycles. The highest BCUT2D eigenvalue weighted by molar-refractivity contribution is 7.93. The van der Waals surface area contributed by atoms with E-state index in [2.05, 4.69) is 14.9 Å². The molecule has 15 heavy (non-hydrogen) atoms. The lowest BCUT2D eigenvalue weighted by Crippen LogP contribution is -2.23. The Bertz CT molecular complexity index is 462. The summed E-state index contributed by atoms with van der Waals surface area (Å²) in [4.78, 5) is 10.6. The second-order valence-electron chi connectivity index (χ2n) is 3.16. The number of nitrogens with one attached hydrogen (secondary N) is 2. The lowest BCUT2D eigenvalue weighted by molar-refractivity contribution is 0.0698. The zero-order valence-electron chi connectivity index (χ0n) is 8.18. The summed E-state index contributed by atoms with van der Waals surface area (Å²) in [5.41, 5.74) is -0.209. The van der Waals surface area contributed by atoms with Crippen molar-refractivity contribution in [2.24, 2.45) is 0 Å². The molecule has 1 heterocycles. The fraction of sp³-hybridized carbons (Fsp3) is 0.429. The van der Waals surface area contributed by atoms with Crippen molar-refractivity contribution in [2.45, 2.75) is 19.1 Å². The minimum absolute atomic E-state index is 0.129. The van der Waals surface area contributed by atoms with Crippen LogP contribution in [0.1, 0.15) is 24.2 Å². The molecule has 0 atom stereocenters. The first-order valence-corrected chi connectivity index (χ1v) is 5.67. The van der Waals surface area contributed by atoms with E-state index in [0.717, 1.165) is 6.20 Å². The van der Waals surface area contributed by atoms with E-state index in [1.165, 1.54) is 13.8 Å². The summed E-state index contributed by atoms with van der Waals surface area (Å²) in [5, 5.41) is 13.8. The molecule has 0 aliphatic rings. The maximum absolute atomic E-state index is 11.4. The first-order valence-electron chi connectivity index (χ1n) is 4.13. The van der Waals surface area contributed by atoms with Gasteiger partial charge in [-0.3, -0.25) is 9.82 Å². The van der Waals surface area contributed by atoms with Crippen LogP contribution in [0, 0.1) is 0 Å². The van der Waals surface area contributed by atoms with Crippen molar-refractivity contribution in [2.75, 3.05) is 4.72 Å². The third kappa shape index (κ3) is 2.46. The molecule has 0 amide bonds. The normalized spacial score (nSPS) is 11.7. The Kier molecular flexibility index (Phi) is 2.98. The van der Waals surface area contributed by atoms with E-state index in [9.17, 15) is 13.2 Å². The predicted octanol–water partition coefficient (Wildman–Crippen LogP) is 0.258. The van der Waals surface area contributed by atoms with Gasteiger partial charge in [-0.25, -0.2) is 13.2 Å². The van der Waals surface area contributed by atoms with E-state index >= 15 is 0 Å². The van der Waals surface area contributed by atoms with E-state index in [1.54, 1.807) is 0 Å². The molecule has 0 aliphatic heterocycles. The summed E-state index contributed by atoms with van der Waals surface area (Å²) in [6, 6.07) is 0. The van der Waals surface area contributed by atoms with Crippen molar-refractivity contribution in [3.05, 3.63) is 11.8 Å². The molecule has 0 unspecified atom stereocenters. The average Bonchev–Trinajstić information content (AvgIpc) is 2.51. The van der Waals surface area contributed by atoms with Gasteiger partial charge in [-0.15, -0.1) is 0 Å². The Morgan fingerprint density at radius 1 is 1.60 bits per heavy atom. The van der Waals surface area contributed by atoms with Gasteiger partial charge in [-0.05, 0) is 13.8 Å². The lowest BCUT2D eigenvalue weighted by atomic mass is 10.3.